The number of imidazole rings is 1. The van der Waals surface area contributed by atoms with E-state index >= 15 is 0 Å². The third-order valence-corrected chi connectivity index (χ3v) is 5.35. The predicted molar refractivity (Wildman–Crippen MR) is 107 cm³/mol. The number of nitrogens with zero attached hydrogens (tertiary/aromatic N) is 3. The van der Waals surface area contributed by atoms with Gasteiger partial charge in [0.1, 0.15) is 17.5 Å². The second kappa shape index (κ2) is 8.53. The van der Waals surface area contributed by atoms with E-state index in [9.17, 15) is 28.7 Å². The summed E-state index contributed by atoms with van der Waals surface area (Å²) in [5, 5.41) is 11.9. The van der Waals surface area contributed by atoms with Gasteiger partial charge in [0, 0.05) is 19.7 Å². The number of hydrogen-bond donors (Lipinski definition) is 3. The van der Waals surface area contributed by atoms with Gasteiger partial charge in [-0.15, -0.1) is 0 Å². The second-order valence-electron chi connectivity index (χ2n) is 6.50. The monoisotopic (exact) mass is 435 g/mol. The molecule has 0 radical (unpaired) electrons. The van der Waals surface area contributed by atoms with Crippen LogP contribution in [0.25, 0.3) is 11.2 Å². The Labute approximate surface area is 172 Å². The molecule has 2 aromatic heterocycles. The van der Waals surface area contributed by atoms with E-state index in [1.807, 2.05) is 0 Å². The van der Waals surface area contributed by atoms with Crippen molar-refractivity contribution >= 4 is 34.8 Å². The maximum atomic E-state index is 13.2. The van der Waals surface area contributed by atoms with E-state index in [4.69, 9.17) is 0 Å². The van der Waals surface area contributed by atoms with E-state index in [-0.39, 0.29) is 28.6 Å². The molecule has 30 heavy (non-hydrogen) atoms. The molecule has 10 nitrogen and oxygen atoms in total. The standard InChI is InChI=1S/C18H18FN5O5S/c1-9(25)20-12(16(27)28)8-30-18-21-13-14(22-17(29)23(2)15(13)26)24(18)7-10-3-5-11(19)6-4-10/h3-6,12H,7-8H2,1-2H3,(H,20,25)(H,22,29)(H,27,28). The van der Waals surface area contributed by atoms with Gasteiger partial charge in [0.15, 0.2) is 10.7 Å². The summed E-state index contributed by atoms with van der Waals surface area (Å²) in [6.07, 6.45) is 0. The summed E-state index contributed by atoms with van der Waals surface area (Å²) in [6.45, 7) is 1.36. The Hall–Kier alpha value is -3.41. The summed E-state index contributed by atoms with van der Waals surface area (Å²) in [4.78, 5) is 54.0. The van der Waals surface area contributed by atoms with E-state index in [0.717, 1.165) is 16.3 Å². The summed E-state index contributed by atoms with van der Waals surface area (Å²) in [7, 11) is 1.31. The van der Waals surface area contributed by atoms with Gasteiger partial charge in [0.05, 0.1) is 6.54 Å². The van der Waals surface area contributed by atoms with Crippen molar-refractivity contribution in [3.05, 3.63) is 56.5 Å². The maximum Gasteiger partial charge on any atom is 0.329 e. The number of hydrogen-bond acceptors (Lipinski definition) is 6. The highest BCUT2D eigenvalue weighted by Crippen LogP contribution is 2.23. The number of thioether (sulfide) groups is 1. The molecule has 3 N–H and O–H groups in total. The van der Waals surface area contributed by atoms with Crippen molar-refractivity contribution in [2.75, 3.05) is 5.75 Å². The second-order valence-corrected chi connectivity index (χ2v) is 7.49. The van der Waals surface area contributed by atoms with Gasteiger partial charge < -0.3 is 15.0 Å². The lowest BCUT2D eigenvalue weighted by molar-refractivity contribution is -0.140. The molecule has 3 rings (SSSR count). The minimum Gasteiger partial charge on any atom is -0.480 e. The average Bonchev–Trinajstić information content (AvgIpc) is 3.02. The first kappa shape index (κ1) is 21.3. The SMILES string of the molecule is CC(=O)NC(CSc1nc2c(=O)n(C)c(=O)[nH]c2n1Cc1ccc(F)cc1)C(=O)O. The predicted octanol–water partition coefficient (Wildman–Crippen LogP) is 0.292. The first-order chi connectivity index (χ1) is 14.2. The lowest BCUT2D eigenvalue weighted by Gasteiger charge is -2.13. The molecular formula is C18H18FN5O5S. The van der Waals surface area contributed by atoms with Crippen LogP contribution in [0.5, 0.6) is 0 Å². The number of rotatable bonds is 7. The van der Waals surface area contributed by atoms with Crippen molar-refractivity contribution in [2.45, 2.75) is 24.7 Å². The quantitative estimate of drug-likeness (QED) is 0.453. The zero-order valence-electron chi connectivity index (χ0n) is 16.0. The smallest absolute Gasteiger partial charge is 0.329 e. The Morgan fingerprint density at radius 2 is 1.97 bits per heavy atom. The number of aromatic nitrogens is 4. The van der Waals surface area contributed by atoms with Gasteiger partial charge in [0.2, 0.25) is 5.91 Å². The van der Waals surface area contributed by atoms with Gasteiger partial charge in [-0.2, -0.15) is 0 Å². The fraction of sp³-hybridized carbons (Fsp3) is 0.278. The number of aliphatic carboxylic acids is 1. The number of carboxylic acids is 1. The molecule has 0 saturated carbocycles. The van der Waals surface area contributed by atoms with E-state index in [2.05, 4.69) is 15.3 Å². The number of nitrogens with one attached hydrogen (secondary N) is 2. The van der Waals surface area contributed by atoms with Gasteiger partial charge in [-0.3, -0.25) is 19.1 Å². The third-order valence-electron chi connectivity index (χ3n) is 4.28. The molecule has 0 aliphatic carbocycles. The van der Waals surface area contributed by atoms with E-state index < -0.39 is 35.0 Å². The highest BCUT2D eigenvalue weighted by atomic mass is 32.2. The lowest BCUT2D eigenvalue weighted by atomic mass is 10.2. The van der Waals surface area contributed by atoms with Gasteiger partial charge in [-0.25, -0.2) is 19.0 Å². The fourth-order valence-corrected chi connectivity index (χ4v) is 3.76. The lowest BCUT2D eigenvalue weighted by Crippen LogP contribution is -2.41. The molecule has 0 spiro atoms. The molecule has 2 heterocycles. The van der Waals surface area contributed by atoms with Crippen LogP contribution >= 0.6 is 11.8 Å². The van der Waals surface area contributed by atoms with Crippen LogP contribution < -0.4 is 16.6 Å². The number of aromatic amines is 1. The number of halogens is 1. The van der Waals surface area contributed by atoms with Crippen LogP contribution in [0.15, 0.2) is 39.0 Å². The Morgan fingerprint density at radius 3 is 2.57 bits per heavy atom. The normalized spacial score (nSPS) is 12.1. The molecule has 0 fully saturated rings. The van der Waals surface area contributed by atoms with Crippen molar-refractivity contribution in [1.82, 2.24) is 24.4 Å². The van der Waals surface area contributed by atoms with Crippen LogP contribution in [0, 0.1) is 5.82 Å². The average molecular weight is 435 g/mol. The molecule has 0 saturated heterocycles. The van der Waals surface area contributed by atoms with Crippen LogP contribution in [0.1, 0.15) is 12.5 Å². The molecule has 1 atom stereocenters. The molecule has 158 valence electrons. The number of H-pyrrole nitrogens is 1. The van der Waals surface area contributed by atoms with Crippen molar-refractivity contribution in [3.8, 4) is 0 Å². The minimum atomic E-state index is -1.22. The molecule has 0 aliphatic heterocycles. The van der Waals surface area contributed by atoms with Crippen molar-refractivity contribution in [3.63, 3.8) is 0 Å². The van der Waals surface area contributed by atoms with Crippen LogP contribution in [0.4, 0.5) is 4.39 Å². The number of fused-ring (bicyclic) bond motifs is 1. The van der Waals surface area contributed by atoms with Crippen LogP contribution in [0.2, 0.25) is 0 Å². The first-order valence-electron chi connectivity index (χ1n) is 8.74. The van der Waals surface area contributed by atoms with Crippen LogP contribution in [0.3, 0.4) is 0 Å². The van der Waals surface area contributed by atoms with Crippen molar-refractivity contribution in [1.29, 1.82) is 0 Å². The summed E-state index contributed by atoms with van der Waals surface area (Å²) < 4.78 is 15.7. The maximum absolute atomic E-state index is 13.2. The summed E-state index contributed by atoms with van der Waals surface area (Å²) in [5.41, 5.74) is -0.388. The topological polar surface area (TPSA) is 139 Å². The van der Waals surface area contributed by atoms with Crippen LogP contribution in [-0.2, 0) is 23.2 Å². The Morgan fingerprint density at radius 1 is 1.30 bits per heavy atom. The molecular weight excluding hydrogens is 417 g/mol. The molecule has 3 aromatic rings. The van der Waals surface area contributed by atoms with Crippen molar-refractivity contribution < 1.29 is 19.1 Å². The van der Waals surface area contributed by atoms with E-state index in [1.54, 1.807) is 16.7 Å². The molecule has 1 unspecified atom stereocenters. The fourth-order valence-electron chi connectivity index (χ4n) is 2.75. The number of benzene rings is 1. The van der Waals surface area contributed by atoms with Gasteiger partial charge in [0.25, 0.3) is 5.56 Å². The molecule has 1 aromatic carbocycles. The zero-order valence-corrected chi connectivity index (χ0v) is 16.8. The largest absolute Gasteiger partial charge is 0.480 e. The Kier molecular flexibility index (Phi) is 6.06. The Balaban J connectivity index is 2.05. The van der Waals surface area contributed by atoms with Gasteiger partial charge >= 0.3 is 11.7 Å². The van der Waals surface area contributed by atoms with Gasteiger partial charge in [-0.1, -0.05) is 23.9 Å². The summed E-state index contributed by atoms with van der Waals surface area (Å²) >= 11 is 1.01. The number of carboxylic acid groups (broad SMARTS) is 1. The van der Waals surface area contributed by atoms with Gasteiger partial charge in [-0.05, 0) is 17.7 Å². The molecule has 1 amide bonds. The van der Waals surface area contributed by atoms with E-state index in [0.29, 0.717) is 5.56 Å². The summed E-state index contributed by atoms with van der Waals surface area (Å²) in [6, 6.07) is 4.48. The first-order valence-corrected chi connectivity index (χ1v) is 9.72. The third kappa shape index (κ3) is 4.43. The molecule has 0 aliphatic rings. The number of carbonyl (C=O) groups is 2. The zero-order chi connectivity index (χ0) is 22.0. The minimum absolute atomic E-state index is 0.00751. The molecule has 12 heteroatoms. The van der Waals surface area contributed by atoms with Crippen LogP contribution in [-0.4, -0.2) is 47.9 Å². The molecule has 0 bridgehead atoms. The Bertz CT molecular complexity index is 1230. The highest BCUT2D eigenvalue weighted by Gasteiger charge is 2.22. The van der Waals surface area contributed by atoms with E-state index in [1.165, 1.54) is 26.1 Å². The van der Waals surface area contributed by atoms with Crippen molar-refractivity contribution in [2.24, 2.45) is 7.05 Å². The number of amides is 1. The number of carbonyl (C=O) groups excluding carboxylic acids is 1. The summed E-state index contributed by atoms with van der Waals surface area (Å²) in [5.74, 6) is -2.19. The highest BCUT2D eigenvalue weighted by molar-refractivity contribution is 7.99.